The predicted molar refractivity (Wildman–Crippen MR) is 91.4 cm³/mol. The Kier molecular flexibility index (Phi) is 5.98. The number of hydrogen-bond acceptors (Lipinski definition) is 5. The van der Waals surface area contributed by atoms with E-state index in [1.54, 1.807) is 25.4 Å². The molecule has 128 valence electrons. The van der Waals surface area contributed by atoms with Crippen LogP contribution < -0.4 is 5.32 Å². The van der Waals surface area contributed by atoms with Crippen molar-refractivity contribution in [3.8, 4) is 0 Å². The summed E-state index contributed by atoms with van der Waals surface area (Å²) >= 11 is 0. The van der Waals surface area contributed by atoms with Gasteiger partial charge in [0.25, 0.3) is 5.91 Å². The highest BCUT2D eigenvalue weighted by Crippen LogP contribution is 2.18. The number of anilines is 1. The van der Waals surface area contributed by atoms with Crippen molar-refractivity contribution in [1.29, 1.82) is 0 Å². The molecular formula is C16H25N3O3S. The van der Waals surface area contributed by atoms with Crippen molar-refractivity contribution in [1.82, 2.24) is 9.88 Å². The second-order valence-corrected chi connectivity index (χ2v) is 8.27. The first kappa shape index (κ1) is 17.7. The molecule has 0 spiro atoms. The topological polar surface area (TPSA) is 79.4 Å². The second kappa shape index (κ2) is 7.77. The summed E-state index contributed by atoms with van der Waals surface area (Å²) in [6.07, 6.45) is 5.50. The first-order chi connectivity index (χ1) is 10.9. The van der Waals surface area contributed by atoms with E-state index in [4.69, 9.17) is 0 Å². The fourth-order valence-electron chi connectivity index (χ4n) is 2.67. The largest absolute Gasteiger partial charge is 0.370 e. The lowest BCUT2D eigenvalue weighted by Crippen LogP contribution is -2.37. The van der Waals surface area contributed by atoms with Gasteiger partial charge in [0.1, 0.15) is 5.82 Å². The van der Waals surface area contributed by atoms with E-state index in [1.807, 2.05) is 0 Å². The van der Waals surface area contributed by atoms with Crippen molar-refractivity contribution in [2.75, 3.05) is 30.4 Å². The van der Waals surface area contributed by atoms with Crippen LogP contribution in [0.15, 0.2) is 18.3 Å². The maximum Gasteiger partial charge on any atom is 0.255 e. The van der Waals surface area contributed by atoms with E-state index in [0.717, 1.165) is 18.8 Å². The molecule has 1 saturated heterocycles. The molecule has 1 atom stereocenters. The Labute approximate surface area is 138 Å². The van der Waals surface area contributed by atoms with Crippen LogP contribution in [0.1, 0.15) is 43.0 Å². The third kappa shape index (κ3) is 4.92. The Morgan fingerprint density at radius 2 is 2.17 bits per heavy atom. The molecule has 1 aliphatic heterocycles. The van der Waals surface area contributed by atoms with Crippen molar-refractivity contribution in [3.05, 3.63) is 23.9 Å². The van der Waals surface area contributed by atoms with Gasteiger partial charge >= 0.3 is 0 Å². The third-order valence-electron chi connectivity index (χ3n) is 4.17. The van der Waals surface area contributed by atoms with Gasteiger partial charge in [-0.2, -0.15) is 0 Å². The Morgan fingerprint density at radius 1 is 1.39 bits per heavy atom. The molecule has 1 aliphatic rings. The fourth-order valence-corrected chi connectivity index (χ4v) is 4.44. The monoisotopic (exact) mass is 339 g/mol. The Hall–Kier alpha value is -1.63. The van der Waals surface area contributed by atoms with Gasteiger partial charge in [0.15, 0.2) is 9.84 Å². The number of amides is 1. The minimum absolute atomic E-state index is 0.0553. The number of nitrogens with one attached hydrogen (secondary N) is 1. The first-order valence-electron chi connectivity index (χ1n) is 8.10. The highest BCUT2D eigenvalue weighted by Gasteiger charge is 2.33. The number of hydrogen-bond donors (Lipinski definition) is 1. The molecule has 6 nitrogen and oxygen atoms in total. The van der Waals surface area contributed by atoms with Crippen LogP contribution in [0.4, 0.5) is 5.82 Å². The van der Waals surface area contributed by atoms with Gasteiger partial charge in [-0.05, 0) is 25.0 Å². The molecule has 7 heteroatoms. The molecule has 0 bridgehead atoms. The molecule has 2 rings (SSSR count). The van der Waals surface area contributed by atoms with Gasteiger partial charge in [0.05, 0.1) is 17.1 Å². The lowest BCUT2D eigenvalue weighted by atomic mass is 10.2. The molecule has 0 aliphatic carbocycles. The zero-order chi connectivity index (χ0) is 16.9. The number of carbonyl (C=O) groups is 1. The molecule has 1 fully saturated rings. The van der Waals surface area contributed by atoms with Gasteiger partial charge < -0.3 is 10.2 Å². The van der Waals surface area contributed by atoms with Crippen LogP contribution in [-0.2, 0) is 9.84 Å². The van der Waals surface area contributed by atoms with Gasteiger partial charge in [-0.25, -0.2) is 13.4 Å². The van der Waals surface area contributed by atoms with Crippen molar-refractivity contribution in [2.45, 2.75) is 38.6 Å². The number of sulfone groups is 1. The molecule has 0 aromatic carbocycles. The molecular weight excluding hydrogens is 314 g/mol. The average molecular weight is 339 g/mol. The van der Waals surface area contributed by atoms with Gasteiger partial charge in [0.2, 0.25) is 0 Å². The lowest BCUT2D eigenvalue weighted by Gasteiger charge is -2.23. The van der Waals surface area contributed by atoms with Gasteiger partial charge in [-0.3, -0.25) is 4.79 Å². The smallest absolute Gasteiger partial charge is 0.255 e. The molecule has 1 aromatic heterocycles. The molecule has 1 unspecified atom stereocenters. The maximum absolute atomic E-state index is 12.4. The van der Waals surface area contributed by atoms with E-state index in [2.05, 4.69) is 17.2 Å². The van der Waals surface area contributed by atoms with Crippen LogP contribution in [0.25, 0.3) is 0 Å². The van der Waals surface area contributed by atoms with Crippen molar-refractivity contribution in [2.24, 2.45) is 0 Å². The minimum Gasteiger partial charge on any atom is -0.370 e. The highest BCUT2D eigenvalue weighted by molar-refractivity contribution is 7.91. The molecule has 23 heavy (non-hydrogen) atoms. The summed E-state index contributed by atoms with van der Waals surface area (Å²) < 4.78 is 23.1. The van der Waals surface area contributed by atoms with E-state index in [1.165, 1.54) is 17.7 Å². The molecule has 0 radical (unpaired) electrons. The molecule has 2 heterocycles. The van der Waals surface area contributed by atoms with Crippen LogP contribution in [-0.4, -0.2) is 55.3 Å². The zero-order valence-electron chi connectivity index (χ0n) is 13.8. The molecule has 1 aromatic rings. The van der Waals surface area contributed by atoms with Crippen molar-refractivity contribution in [3.63, 3.8) is 0 Å². The number of aromatic nitrogens is 1. The van der Waals surface area contributed by atoms with E-state index >= 15 is 0 Å². The fraction of sp³-hybridized carbons (Fsp3) is 0.625. The van der Waals surface area contributed by atoms with Gasteiger partial charge in [-0.1, -0.05) is 19.8 Å². The Bertz CT molecular complexity index is 628. The lowest BCUT2D eigenvalue weighted by molar-refractivity contribution is 0.0747. The summed E-state index contributed by atoms with van der Waals surface area (Å²) in [5.74, 6) is 0.786. The normalized spacial score (nSPS) is 19.5. The van der Waals surface area contributed by atoms with E-state index < -0.39 is 9.84 Å². The summed E-state index contributed by atoms with van der Waals surface area (Å²) in [4.78, 5) is 18.2. The highest BCUT2D eigenvalue weighted by atomic mass is 32.2. The van der Waals surface area contributed by atoms with Crippen LogP contribution in [0, 0.1) is 0 Å². The number of rotatable bonds is 7. The molecule has 1 amide bonds. The average Bonchev–Trinajstić information content (AvgIpc) is 2.91. The number of carbonyl (C=O) groups excluding carboxylic acids is 1. The van der Waals surface area contributed by atoms with Crippen LogP contribution >= 0.6 is 0 Å². The van der Waals surface area contributed by atoms with Crippen LogP contribution in [0.5, 0.6) is 0 Å². The van der Waals surface area contributed by atoms with Crippen LogP contribution in [0.2, 0.25) is 0 Å². The maximum atomic E-state index is 12.4. The summed E-state index contributed by atoms with van der Waals surface area (Å²) in [5.41, 5.74) is 0.482. The summed E-state index contributed by atoms with van der Waals surface area (Å²) in [6, 6.07) is 3.29. The first-order valence-corrected chi connectivity index (χ1v) is 9.92. The number of pyridine rings is 1. The van der Waals surface area contributed by atoms with Crippen molar-refractivity contribution >= 4 is 21.6 Å². The minimum atomic E-state index is -3.00. The zero-order valence-corrected chi connectivity index (χ0v) is 14.6. The Balaban J connectivity index is 1.92. The summed E-state index contributed by atoms with van der Waals surface area (Å²) in [6.45, 7) is 3.03. The van der Waals surface area contributed by atoms with Gasteiger partial charge in [0, 0.05) is 25.8 Å². The quantitative estimate of drug-likeness (QED) is 0.768. The third-order valence-corrected chi connectivity index (χ3v) is 5.92. The standard InChI is InChI=1S/C16H25N3O3S/c1-3-4-5-9-17-15-7-6-13(11-18-15)16(20)19(2)14-8-10-23(21,22)12-14/h6-7,11,14H,3-5,8-10,12H2,1-2H3,(H,17,18). The predicted octanol–water partition coefficient (Wildman–Crippen LogP) is 1.94. The number of unbranched alkanes of at least 4 members (excludes halogenated alkanes) is 2. The molecule has 1 N–H and O–H groups in total. The van der Waals surface area contributed by atoms with Crippen LogP contribution in [0.3, 0.4) is 0 Å². The van der Waals surface area contributed by atoms with E-state index in [-0.39, 0.29) is 23.5 Å². The summed E-state index contributed by atoms with van der Waals surface area (Å²) in [7, 11) is -1.34. The van der Waals surface area contributed by atoms with E-state index in [0.29, 0.717) is 12.0 Å². The summed E-state index contributed by atoms with van der Waals surface area (Å²) in [5, 5.41) is 3.23. The second-order valence-electron chi connectivity index (χ2n) is 6.04. The molecule has 0 saturated carbocycles. The van der Waals surface area contributed by atoms with Gasteiger partial charge in [-0.15, -0.1) is 0 Å². The Morgan fingerprint density at radius 3 is 2.74 bits per heavy atom. The van der Waals surface area contributed by atoms with E-state index in [9.17, 15) is 13.2 Å². The van der Waals surface area contributed by atoms with Crippen molar-refractivity contribution < 1.29 is 13.2 Å². The number of nitrogens with zero attached hydrogens (tertiary/aromatic N) is 2. The SMILES string of the molecule is CCCCCNc1ccc(C(=O)N(C)C2CCS(=O)(=O)C2)cn1.